The first kappa shape index (κ1) is 18.0. The number of fused-ring (bicyclic) bond motifs is 2. The average Bonchev–Trinajstić information content (AvgIpc) is 3.08. The number of H-pyrrole nitrogens is 1. The molecule has 0 aliphatic heterocycles. The largest absolute Gasteiger partial charge is 0.352 e. The van der Waals surface area contributed by atoms with E-state index in [1.807, 2.05) is 38.1 Å². The van der Waals surface area contributed by atoms with Crippen LogP contribution in [-0.4, -0.2) is 32.4 Å². The van der Waals surface area contributed by atoms with Gasteiger partial charge in [0.2, 0.25) is 0 Å². The Kier molecular flexibility index (Phi) is 4.73. The molecule has 0 bridgehead atoms. The third kappa shape index (κ3) is 3.55. The normalized spacial score (nSPS) is 11.2. The van der Waals surface area contributed by atoms with Gasteiger partial charge in [0.1, 0.15) is 17.2 Å². The molecule has 0 saturated heterocycles. The Hall–Kier alpha value is -3.35. The van der Waals surface area contributed by atoms with E-state index in [-0.39, 0.29) is 11.5 Å². The van der Waals surface area contributed by atoms with Crippen LogP contribution in [0, 0.1) is 19.7 Å². The molecule has 0 spiro atoms. The maximum Gasteiger partial charge on any atom is 0.253 e. The molecule has 7 heteroatoms. The number of aromatic nitrogens is 4. The first-order chi connectivity index (χ1) is 13.5. The van der Waals surface area contributed by atoms with Gasteiger partial charge in [-0.25, -0.2) is 19.3 Å². The van der Waals surface area contributed by atoms with Gasteiger partial charge >= 0.3 is 0 Å². The summed E-state index contributed by atoms with van der Waals surface area (Å²) in [6.45, 7) is 4.08. The Morgan fingerprint density at radius 2 is 1.86 bits per heavy atom. The van der Waals surface area contributed by atoms with Crippen LogP contribution >= 0.6 is 0 Å². The number of hydrogen-bond acceptors (Lipinski definition) is 4. The van der Waals surface area contributed by atoms with Crippen molar-refractivity contribution in [3.8, 4) is 0 Å². The summed E-state index contributed by atoms with van der Waals surface area (Å²) in [5.41, 5.74) is 4.37. The van der Waals surface area contributed by atoms with Gasteiger partial charge in [-0.05, 0) is 38.5 Å². The Bertz CT molecular complexity index is 1150. The minimum atomic E-state index is -0.502. The molecule has 0 aliphatic carbocycles. The van der Waals surface area contributed by atoms with Crippen LogP contribution in [0.3, 0.4) is 0 Å². The van der Waals surface area contributed by atoms with Crippen LogP contribution in [-0.2, 0) is 6.42 Å². The van der Waals surface area contributed by atoms with Gasteiger partial charge in [-0.1, -0.05) is 12.1 Å². The van der Waals surface area contributed by atoms with Crippen LogP contribution in [0.15, 0.2) is 36.4 Å². The molecule has 0 unspecified atom stereocenters. The second-order valence-corrected chi connectivity index (χ2v) is 6.78. The number of imidazole rings is 1. The highest BCUT2D eigenvalue weighted by atomic mass is 19.1. The van der Waals surface area contributed by atoms with E-state index in [9.17, 15) is 9.18 Å². The summed E-state index contributed by atoms with van der Waals surface area (Å²) in [6.07, 6.45) is 1.42. The number of nitrogens with zero attached hydrogens (tertiary/aromatic N) is 3. The number of amides is 1. The molecular formula is C21H20FN5O. The topological polar surface area (TPSA) is 83.6 Å². The summed E-state index contributed by atoms with van der Waals surface area (Å²) in [4.78, 5) is 29.2. The van der Waals surface area contributed by atoms with Gasteiger partial charge in [0.25, 0.3) is 5.91 Å². The van der Waals surface area contributed by atoms with Crippen molar-refractivity contribution in [2.75, 3.05) is 6.54 Å². The van der Waals surface area contributed by atoms with Crippen molar-refractivity contribution < 1.29 is 9.18 Å². The van der Waals surface area contributed by atoms with Gasteiger partial charge < -0.3 is 10.3 Å². The maximum absolute atomic E-state index is 13.9. The molecule has 2 N–H and O–H groups in total. The van der Waals surface area contributed by atoms with Gasteiger partial charge in [-0.15, -0.1) is 0 Å². The van der Waals surface area contributed by atoms with E-state index in [1.54, 1.807) is 0 Å². The molecule has 28 heavy (non-hydrogen) atoms. The van der Waals surface area contributed by atoms with Crippen molar-refractivity contribution in [3.63, 3.8) is 0 Å². The Morgan fingerprint density at radius 1 is 1.07 bits per heavy atom. The van der Waals surface area contributed by atoms with Crippen LogP contribution in [0.4, 0.5) is 4.39 Å². The van der Waals surface area contributed by atoms with Crippen LogP contribution in [0.1, 0.15) is 34.0 Å². The smallest absolute Gasteiger partial charge is 0.253 e. The van der Waals surface area contributed by atoms with E-state index in [4.69, 9.17) is 0 Å². The predicted octanol–water partition coefficient (Wildman–Crippen LogP) is 3.62. The summed E-state index contributed by atoms with van der Waals surface area (Å²) < 4.78 is 13.9. The van der Waals surface area contributed by atoms with Gasteiger partial charge in [0.15, 0.2) is 0 Å². The van der Waals surface area contributed by atoms with Crippen LogP contribution in [0.2, 0.25) is 0 Å². The highest BCUT2D eigenvalue weighted by molar-refractivity contribution is 6.04. The van der Waals surface area contributed by atoms with E-state index in [0.29, 0.717) is 30.4 Å². The number of benzene rings is 2. The third-order valence-electron chi connectivity index (χ3n) is 4.70. The van der Waals surface area contributed by atoms with Crippen molar-refractivity contribution in [1.29, 1.82) is 0 Å². The molecule has 0 radical (unpaired) electrons. The predicted molar refractivity (Wildman–Crippen MR) is 106 cm³/mol. The minimum Gasteiger partial charge on any atom is -0.352 e. The van der Waals surface area contributed by atoms with E-state index in [2.05, 4.69) is 25.3 Å². The first-order valence-corrected chi connectivity index (χ1v) is 9.17. The van der Waals surface area contributed by atoms with Crippen molar-refractivity contribution >= 4 is 28.0 Å². The molecule has 4 aromatic rings. The summed E-state index contributed by atoms with van der Waals surface area (Å²) in [5, 5.41) is 2.84. The van der Waals surface area contributed by atoms with Crippen molar-refractivity contribution in [3.05, 3.63) is 65.0 Å². The minimum absolute atomic E-state index is 0.203. The fraction of sp³-hybridized carbons (Fsp3) is 0.238. The lowest BCUT2D eigenvalue weighted by Crippen LogP contribution is -2.25. The average molecular weight is 377 g/mol. The van der Waals surface area contributed by atoms with Crippen LogP contribution in [0.25, 0.3) is 22.1 Å². The maximum atomic E-state index is 13.9. The molecule has 6 nitrogen and oxygen atoms in total. The van der Waals surface area contributed by atoms with Crippen LogP contribution < -0.4 is 5.32 Å². The molecule has 0 aliphatic rings. The number of aromatic amines is 1. The van der Waals surface area contributed by atoms with E-state index in [0.717, 1.165) is 28.2 Å². The summed E-state index contributed by atoms with van der Waals surface area (Å²) in [7, 11) is 0. The van der Waals surface area contributed by atoms with Gasteiger partial charge in [0, 0.05) is 19.0 Å². The fourth-order valence-electron chi connectivity index (χ4n) is 3.15. The fourth-order valence-corrected chi connectivity index (χ4v) is 3.15. The molecule has 2 aromatic carbocycles. The molecule has 0 saturated carbocycles. The quantitative estimate of drug-likeness (QED) is 0.520. The van der Waals surface area contributed by atoms with Crippen LogP contribution in [0.5, 0.6) is 0 Å². The molecular weight excluding hydrogens is 357 g/mol. The zero-order valence-corrected chi connectivity index (χ0v) is 15.7. The zero-order valence-electron chi connectivity index (χ0n) is 15.7. The van der Waals surface area contributed by atoms with Gasteiger partial charge in [0.05, 0.1) is 33.5 Å². The number of rotatable bonds is 5. The lowest BCUT2D eigenvalue weighted by Gasteiger charge is -2.09. The van der Waals surface area contributed by atoms with E-state index >= 15 is 0 Å². The van der Waals surface area contributed by atoms with Crippen molar-refractivity contribution in [2.45, 2.75) is 26.7 Å². The Labute approximate surface area is 161 Å². The summed E-state index contributed by atoms with van der Waals surface area (Å²) in [5.74, 6) is 0.0211. The highest BCUT2D eigenvalue weighted by Gasteiger charge is 2.15. The molecule has 2 heterocycles. The number of halogens is 1. The molecule has 0 atom stereocenters. The molecule has 142 valence electrons. The van der Waals surface area contributed by atoms with Crippen molar-refractivity contribution in [1.82, 2.24) is 25.3 Å². The zero-order chi connectivity index (χ0) is 19.7. The number of hydrogen-bond donors (Lipinski definition) is 2. The highest BCUT2D eigenvalue weighted by Crippen LogP contribution is 2.19. The standard InChI is InChI=1S/C21H20FN5O/c1-12-13(2)25-20-15(10-14(22)11-18(20)24-12)21(28)23-9-5-8-19-26-16-6-3-4-7-17(16)27-19/h3-4,6-7,10-11H,5,8-9H2,1-2H3,(H,23,28)(H,26,27). The molecule has 1 amide bonds. The first-order valence-electron chi connectivity index (χ1n) is 9.17. The van der Waals surface area contributed by atoms with Gasteiger partial charge in [-0.2, -0.15) is 0 Å². The number of aryl methyl sites for hydroxylation is 3. The monoisotopic (exact) mass is 377 g/mol. The van der Waals surface area contributed by atoms with Gasteiger partial charge in [-0.3, -0.25) is 4.79 Å². The number of carbonyl (C=O) groups is 1. The molecule has 0 fully saturated rings. The Morgan fingerprint density at radius 3 is 2.68 bits per heavy atom. The summed E-state index contributed by atoms with van der Waals surface area (Å²) in [6, 6.07) is 10.3. The number of nitrogens with one attached hydrogen (secondary N) is 2. The molecule has 4 rings (SSSR count). The SMILES string of the molecule is Cc1nc2cc(F)cc(C(=O)NCCCc3nc4ccccc4[nH]3)c2nc1C. The molecule has 2 aromatic heterocycles. The number of carbonyl (C=O) groups excluding carboxylic acids is 1. The van der Waals surface area contributed by atoms with E-state index in [1.165, 1.54) is 12.1 Å². The lowest BCUT2D eigenvalue weighted by molar-refractivity contribution is 0.0954. The third-order valence-corrected chi connectivity index (χ3v) is 4.70. The second kappa shape index (κ2) is 7.34. The second-order valence-electron chi connectivity index (χ2n) is 6.78. The lowest BCUT2D eigenvalue weighted by atomic mass is 10.1. The Balaban J connectivity index is 1.44. The van der Waals surface area contributed by atoms with Crippen molar-refractivity contribution in [2.24, 2.45) is 0 Å². The van der Waals surface area contributed by atoms with E-state index < -0.39 is 5.82 Å². The number of para-hydroxylation sites is 2. The summed E-state index contributed by atoms with van der Waals surface area (Å²) >= 11 is 0.